The molecule has 0 bridgehead atoms. The van der Waals surface area contributed by atoms with Crippen LogP contribution in [0.15, 0.2) is 79.4 Å². The molecule has 0 unspecified atom stereocenters. The molecule has 0 saturated carbocycles. The van der Waals surface area contributed by atoms with Gasteiger partial charge in [0.2, 0.25) is 0 Å². The van der Waals surface area contributed by atoms with Gasteiger partial charge in [-0.15, -0.1) is 0 Å². The lowest BCUT2D eigenvalue weighted by Gasteiger charge is -2.30. The maximum atomic E-state index is 13.8. The van der Waals surface area contributed by atoms with Crippen LogP contribution in [0.25, 0.3) is 22.4 Å². The summed E-state index contributed by atoms with van der Waals surface area (Å²) in [7, 11) is -1.34. The first-order valence-electron chi connectivity index (χ1n) is 15.5. The Bertz CT molecular complexity index is 1680. The molecule has 6 rings (SSSR count). The van der Waals surface area contributed by atoms with Gasteiger partial charge in [-0.05, 0) is 62.4 Å². The molecule has 2 N–H and O–H groups in total. The number of hydrogen-bond donors (Lipinski definition) is 2. The number of benzene rings is 2. The van der Waals surface area contributed by atoms with Crippen molar-refractivity contribution in [3.8, 4) is 22.4 Å². The van der Waals surface area contributed by atoms with Gasteiger partial charge in [-0.1, -0.05) is 48.5 Å². The number of nitrogens with zero attached hydrogens (tertiary/aromatic N) is 5. The fourth-order valence-corrected chi connectivity index (χ4v) is 7.70. The molecule has 45 heavy (non-hydrogen) atoms. The summed E-state index contributed by atoms with van der Waals surface area (Å²) in [6, 6.07) is 19.9. The summed E-state index contributed by atoms with van der Waals surface area (Å²) < 4.78 is 15.2. The Morgan fingerprint density at radius 3 is 2.51 bits per heavy atom. The number of rotatable bonds is 9. The van der Waals surface area contributed by atoms with Gasteiger partial charge < -0.3 is 10.4 Å². The van der Waals surface area contributed by atoms with Crippen molar-refractivity contribution in [2.75, 3.05) is 19.7 Å². The summed E-state index contributed by atoms with van der Waals surface area (Å²) in [6.45, 7) is 8.74. The van der Waals surface area contributed by atoms with Crippen molar-refractivity contribution >= 4 is 16.9 Å². The average Bonchev–Trinajstić information content (AvgIpc) is 3.64. The Balaban J connectivity index is 1.34. The van der Waals surface area contributed by atoms with Crippen molar-refractivity contribution < 1.29 is 14.1 Å². The second-order valence-electron chi connectivity index (χ2n) is 12.8. The van der Waals surface area contributed by atoms with Crippen LogP contribution in [0.2, 0.25) is 0 Å². The summed E-state index contributed by atoms with van der Waals surface area (Å²) in [5.74, 6) is -0.215. The number of amides is 1. The van der Waals surface area contributed by atoms with Gasteiger partial charge in [0.15, 0.2) is 0 Å². The van der Waals surface area contributed by atoms with Crippen molar-refractivity contribution in [3.63, 3.8) is 0 Å². The zero-order valence-electron chi connectivity index (χ0n) is 26.0. The van der Waals surface area contributed by atoms with Crippen LogP contribution < -0.4 is 5.32 Å². The molecule has 1 saturated heterocycles. The van der Waals surface area contributed by atoms with E-state index in [9.17, 15) is 14.1 Å². The maximum Gasteiger partial charge on any atom is 0.270 e. The van der Waals surface area contributed by atoms with Gasteiger partial charge in [0.25, 0.3) is 5.91 Å². The standard InChI is InChI=1S/C35H40N6O3S/c1-35(2,3)45(44)41-21-27-17-30(34(43)38-29-12-14-40(22-29)20-24-8-5-4-6-9-24)39-33(32(27)31(41)13-15-42)26-11-7-10-25(16-26)28-18-36-23-37-19-28/h4-11,16-19,23,29,31,42H,12-15,20-22H2,1-3H3,(H,38,43)/t29-,31-,45-/m1/s1. The Kier molecular flexibility index (Phi) is 9.18. The number of aromatic nitrogens is 3. The summed E-state index contributed by atoms with van der Waals surface area (Å²) >= 11 is 0. The van der Waals surface area contributed by atoms with E-state index in [0.717, 1.165) is 53.9 Å². The SMILES string of the molecule is CC(C)(C)[S@@](=O)N1Cc2cc(C(=O)N[C@@H]3CCN(Cc4ccccc4)C3)nc(-c3cccc(-c4cncnc4)c3)c2[C@H]1CCO. The van der Waals surface area contributed by atoms with Crippen LogP contribution >= 0.6 is 0 Å². The van der Waals surface area contributed by atoms with Crippen LogP contribution in [-0.2, 0) is 24.1 Å². The number of carbonyl (C=O) groups is 1. The van der Waals surface area contributed by atoms with Gasteiger partial charge in [-0.2, -0.15) is 0 Å². The summed E-state index contributed by atoms with van der Waals surface area (Å²) in [5.41, 5.74) is 6.71. The van der Waals surface area contributed by atoms with Crippen LogP contribution in [0.1, 0.15) is 66.8 Å². The first-order chi connectivity index (χ1) is 21.7. The molecule has 3 atom stereocenters. The van der Waals surface area contributed by atoms with Crippen LogP contribution in [0.3, 0.4) is 0 Å². The first-order valence-corrected chi connectivity index (χ1v) is 16.6. The van der Waals surface area contributed by atoms with Crippen LogP contribution in [0.4, 0.5) is 0 Å². The molecule has 4 heterocycles. The van der Waals surface area contributed by atoms with Crippen LogP contribution in [0.5, 0.6) is 0 Å². The monoisotopic (exact) mass is 624 g/mol. The van der Waals surface area contributed by atoms with Gasteiger partial charge in [-0.3, -0.25) is 9.69 Å². The summed E-state index contributed by atoms with van der Waals surface area (Å²) in [5, 5.41) is 13.3. The number of aliphatic hydroxyl groups is 1. The highest BCUT2D eigenvalue weighted by molar-refractivity contribution is 7.84. The molecule has 10 heteroatoms. The predicted molar refractivity (Wildman–Crippen MR) is 176 cm³/mol. The van der Waals surface area contributed by atoms with E-state index in [1.54, 1.807) is 12.4 Å². The fraction of sp³-hybridized carbons (Fsp3) is 0.371. The fourth-order valence-electron chi connectivity index (χ4n) is 6.29. The first kappa shape index (κ1) is 31.2. The zero-order chi connectivity index (χ0) is 31.6. The van der Waals surface area contributed by atoms with Crippen LogP contribution in [-0.4, -0.2) is 69.9 Å². The topological polar surface area (TPSA) is 112 Å². The highest BCUT2D eigenvalue weighted by atomic mass is 32.2. The minimum atomic E-state index is -1.34. The second-order valence-corrected chi connectivity index (χ2v) is 15.0. The Hall–Kier alpha value is -3.83. The van der Waals surface area contributed by atoms with Crippen molar-refractivity contribution in [1.82, 2.24) is 29.5 Å². The third-order valence-corrected chi connectivity index (χ3v) is 10.3. The summed E-state index contributed by atoms with van der Waals surface area (Å²) in [4.78, 5) is 29.5. The van der Waals surface area contributed by atoms with Crippen molar-refractivity contribution in [2.24, 2.45) is 0 Å². The minimum absolute atomic E-state index is 0.0214. The molecule has 0 radical (unpaired) electrons. The largest absolute Gasteiger partial charge is 0.396 e. The molecule has 9 nitrogen and oxygen atoms in total. The zero-order valence-corrected chi connectivity index (χ0v) is 26.8. The lowest BCUT2D eigenvalue weighted by atomic mass is 9.94. The molecule has 4 aromatic rings. The third kappa shape index (κ3) is 6.89. The van der Waals surface area contributed by atoms with Gasteiger partial charge in [0, 0.05) is 67.9 Å². The van der Waals surface area contributed by atoms with Crippen molar-refractivity contribution in [3.05, 3.63) is 102 Å². The van der Waals surface area contributed by atoms with Crippen LogP contribution in [0, 0.1) is 0 Å². The molecule has 234 valence electrons. The van der Waals surface area contributed by atoms with E-state index in [1.807, 2.05) is 73.6 Å². The van der Waals surface area contributed by atoms with E-state index in [4.69, 9.17) is 4.98 Å². The quantitative estimate of drug-likeness (QED) is 0.272. The Labute approximate surface area is 267 Å². The van der Waals surface area contributed by atoms with Gasteiger partial charge in [0.05, 0.1) is 16.5 Å². The van der Waals surface area contributed by atoms with E-state index in [2.05, 4.69) is 32.3 Å². The molecule has 0 spiro atoms. The highest BCUT2D eigenvalue weighted by Crippen LogP contribution is 2.44. The third-order valence-electron chi connectivity index (χ3n) is 8.41. The number of aliphatic hydroxyl groups excluding tert-OH is 1. The van der Waals surface area contributed by atoms with Gasteiger partial charge in [0.1, 0.15) is 23.0 Å². The van der Waals surface area contributed by atoms with Gasteiger partial charge >= 0.3 is 0 Å². The number of nitrogens with one attached hydrogen (secondary N) is 1. The van der Waals surface area contributed by atoms with Crippen molar-refractivity contribution in [1.29, 1.82) is 0 Å². The normalized spacial score (nSPS) is 19.4. The Morgan fingerprint density at radius 1 is 1.02 bits per heavy atom. The predicted octanol–water partition coefficient (Wildman–Crippen LogP) is 4.91. The number of carbonyl (C=O) groups excluding carboxylic acids is 1. The second kappa shape index (κ2) is 13.3. The molecular weight excluding hydrogens is 584 g/mol. The maximum absolute atomic E-state index is 13.8. The molecule has 1 amide bonds. The molecule has 0 aliphatic carbocycles. The number of likely N-dealkylation sites (tertiary alicyclic amines) is 1. The highest BCUT2D eigenvalue weighted by Gasteiger charge is 2.40. The average molecular weight is 625 g/mol. The molecule has 1 fully saturated rings. The Morgan fingerprint density at radius 2 is 1.78 bits per heavy atom. The van der Waals surface area contributed by atoms with E-state index in [0.29, 0.717) is 24.4 Å². The molecule has 2 aromatic heterocycles. The number of fused-ring (bicyclic) bond motifs is 1. The lowest BCUT2D eigenvalue weighted by Crippen LogP contribution is -2.37. The van der Waals surface area contributed by atoms with Gasteiger partial charge in [-0.25, -0.2) is 23.5 Å². The van der Waals surface area contributed by atoms with E-state index < -0.39 is 15.7 Å². The lowest BCUT2D eigenvalue weighted by molar-refractivity contribution is 0.0932. The smallest absolute Gasteiger partial charge is 0.270 e. The molecule has 2 aromatic carbocycles. The van der Waals surface area contributed by atoms with Crippen molar-refractivity contribution in [2.45, 2.75) is 63.5 Å². The van der Waals surface area contributed by atoms with E-state index in [-0.39, 0.29) is 24.6 Å². The molecular formula is C35H40N6O3S. The molecule has 2 aliphatic rings. The summed E-state index contributed by atoms with van der Waals surface area (Å²) in [6.07, 6.45) is 6.30. The number of hydrogen-bond acceptors (Lipinski definition) is 7. The molecule has 2 aliphatic heterocycles. The minimum Gasteiger partial charge on any atom is -0.396 e. The van der Waals surface area contributed by atoms with E-state index in [1.165, 1.54) is 11.9 Å². The number of pyridine rings is 1. The van der Waals surface area contributed by atoms with E-state index >= 15 is 0 Å².